The smallest absolute Gasteiger partial charge is 0.141 e. The zero-order valence-electron chi connectivity index (χ0n) is 12.7. The number of hydrogen-bond donors (Lipinski definition) is 2. The molecule has 2 aromatic rings. The molecule has 2 N–H and O–H groups in total. The van der Waals surface area contributed by atoms with Crippen LogP contribution >= 0.6 is 11.6 Å². The molecule has 0 aliphatic heterocycles. The lowest BCUT2D eigenvalue weighted by molar-refractivity contribution is 0.242. The van der Waals surface area contributed by atoms with Gasteiger partial charge in [0.05, 0.1) is 11.1 Å². The van der Waals surface area contributed by atoms with Crippen LogP contribution in [0.3, 0.4) is 0 Å². The second-order valence-electron chi connectivity index (χ2n) is 5.18. The molecule has 0 atom stereocenters. The first-order valence-corrected chi connectivity index (χ1v) is 7.62. The third-order valence-corrected chi connectivity index (χ3v) is 3.20. The van der Waals surface area contributed by atoms with E-state index in [4.69, 9.17) is 16.3 Å². The normalized spacial score (nSPS) is 10.6. The molecular formula is C17H20ClFN2O. The van der Waals surface area contributed by atoms with Crippen molar-refractivity contribution in [1.82, 2.24) is 0 Å². The second-order valence-corrected chi connectivity index (χ2v) is 5.58. The highest BCUT2D eigenvalue weighted by atomic mass is 35.5. The van der Waals surface area contributed by atoms with E-state index in [9.17, 15) is 4.39 Å². The van der Waals surface area contributed by atoms with E-state index >= 15 is 0 Å². The van der Waals surface area contributed by atoms with Gasteiger partial charge < -0.3 is 15.4 Å². The van der Waals surface area contributed by atoms with Crippen LogP contribution in [0.15, 0.2) is 42.5 Å². The van der Waals surface area contributed by atoms with E-state index in [-0.39, 0.29) is 11.1 Å². The Hall–Kier alpha value is -1.94. The molecule has 0 aliphatic carbocycles. The number of hydrogen-bond acceptors (Lipinski definition) is 3. The Morgan fingerprint density at radius 2 is 1.73 bits per heavy atom. The molecule has 0 bridgehead atoms. The van der Waals surface area contributed by atoms with Crippen LogP contribution in [0.25, 0.3) is 0 Å². The van der Waals surface area contributed by atoms with Crippen LogP contribution in [0, 0.1) is 5.82 Å². The summed E-state index contributed by atoms with van der Waals surface area (Å²) in [5.41, 5.74) is 1.79. The minimum absolute atomic E-state index is 0.122. The molecule has 0 aliphatic rings. The maximum atomic E-state index is 13.1. The Labute approximate surface area is 135 Å². The maximum Gasteiger partial charge on any atom is 0.141 e. The van der Waals surface area contributed by atoms with Gasteiger partial charge in [-0.05, 0) is 44.2 Å². The van der Waals surface area contributed by atoms with Gasteiger partial charge in [0.25, 0.3) is 0 Å². The summed E-state index contributed by atoms with van der Waals surface area (Å²) in [6.45, 7) is 5.41. The predicted molar refractivity (Wildman–Crippen MR) is 90.6 cm³/mol. The van der Waals surface area contributed by atoms with E-state index in [2.05, 4.69) is 10.6 Å². The first kappa shape index (κ1) is 16.4. The Morgan fingerprint density at radius 1 is 1.05 bits per heavy atom. The van der Waals surface area contributed by atoms with Crippen molar-refractivity contribution in [3.63, 3.8) is 0 Å². The van der Waals surface area contributed by atoms with Crippen LogP contribution in [0.2, 0.25) is 5.02 Å². The average Bonchev–Trinajstić information content (AvgIpc) is 2.47. The number of ether oxygens (including phenoxy) is 1. The molecule has 0 unspecified atom stereocenters. The van der Waals surface area contributed by atoms with E-state index in [1.165, 1.54) is 6.07 Å². The molecule has 3 nitrogen and oxygen atoms in total. The summed E-state index contributed by atoms with van der Waals surface area (Å²) in [6, 6.07) is 12.4. The Kier molecular flexibility index (Phi) is 5.90. The summed E-state index contributed by atoms with van der Waals surface area (Å²) >= 11 is 5.74. The van der Waals surface area contributed by atoms with Crippen molar-refractivity contribution >= 4 is 23.0 Å². The third-order valence-electron chi connectivity index (χ3n) is 2.91. The monoisotopic (exact) mass is 322 g/mol. The van der Waals surface area contributed by atoms with E-state index < -0.39 is 5.82 Å². The molecule has 0 saturated heterocycles. The lowest BCUT2D eigenvalue weighted by Gasteiger charge is -2.12. The fraction of sp³-hybridized carbons (Fsp3) is 0.294. The number of benzene rings is 2. The highest BCUT2D eigenvalue weighted by Gasteiger charge is 2.01. The SMILES string of the molecule is CC(C)Oc1cccc(NCCNc2ccc(F)c(Cl)c2)c1. The minimum Gasteiger partial charge on any atom is -0.491 e. The minimum atomic E-state index is -0.410. The first-order chi connectivity index (χ1) is 10.5. The van der Waals surface area contributed by atoms with Gasteiger partial charge in [-0.15, -0.1) is 0 Å². The van der Waals surface area contributed by atoms with Crippen molar-refractivity contribution < 1.29 is 9.13 Å². The zero-order chi connectivity index (χ0) is 15.9. The Bertz CT molecular complexity index is 619. The molecule has 22 heavy (non-hydrogen) atoms. The third kappa shape index (κ3) is 5.11. The number of rotatable bonds is 7. The summed E-state index contributed by atoms with van der Waals surface area (Å²) in [7, 11) is 0. The lowest BCUT2D eigenvalue weighted by Crippen LogP contribution is -2.13. The molecular weight excluding hydrogens is 303 g/mol. The van der Waals surface area contributed by atoms with Gasteiger partial charge in [-0.2, -0.15) is 0 Å². The van der Waals surface area contributed by atoms with Gasteiger partial charge in [0.15, 0.2) is 0 Å². The fourth-order valence-electron chi connectivity index (χ4n) is 1.97. The van der Waals surface area contributed by atoms with Gasteiger partial charge in [0, 0.05) is 30.5 Å². The molecule has 0 heterocycles. The Morgan fingerprint density at radius 3 is 2.36 bits per heavy atom. The van der Waals surface area contributed by atoms with Crippen LogP contribution in [-0.4, -0.2) is 19.2 Å². The second kappa shape index (κ2) is 7.90. The summed E-state index contributed by atoms with van der Waals surface area (Å²) in [5.74, 6) is 0.436. The van der Waals surface area contributed by atoms with E-state index in [0.717, 1.165) is 23.7 Å². The summed E-state index contributed by atoms with van der Waals surface area (Å²) in [6.07, 6.45) is 0.153. The molecule has 2 rings (SSSR count). The molecule has 0 radical (unpaired) electrons. The molecule has 0 fully saturated rings. The van der Waals surface area contributed by atoms with Crippen molar-refractivity contribution in [2.75, 3.05) is 23.7 Å². The van der Waals surface area contributed by atoms with Gasteiger partial charge in [-0.25, -0.2) is 4.39 Å². The van der Waals surface area contributed by atoms with E-state index in [0.29, 0.717) is 6.54 Å². The van der Waals surface area contributed by atoms with Crippen molar-refractivity contribution in [2.24, 2.45) is 0 Å². The van der Waals surface area contributed by atoms with Crippen LogP contribution in [0.4, 0.5) is 15.8 Å². The largest absolute Gasteiger partial charge is 0.491 e. The number of nitrogens with one attached hydrogen (secondary N) is 2. The molecule has 0 saturated carbocycles. The van der Waals surface area contributed by atoms with Gasteiger partial charge in [0.1, 0.15) is 11.6 Å². The predicted octanol–water partition coefficient (Wildman–Crippen LogP) is 4.79. The molecule has 0 aromatic heterocycles. The van der Waals surface area contributed by atoms with E-state index in [1.807, 2.05) is 38.1 Å². The number of anilines is 2. The van der Waals surface area contributed by atoms with Crippen LogP contribution < -0.4 is 15.4 Å². The van der Waals surface area contributed by atoms with Gasteiger partial charge in [0.2, 0.25) is 0 Å². The molecule has 0 spiro atoms. The van der Waals surface area contributed by atoms with Crippen LogP contribution in [0.5, 0.6) is 5.75 Å². The van der Waals surface area contributed by atoms with Gasteiger partial charge >= 0.3 is 0 Å². The maximum absolute atomic E-state index is 13.1. The van der Waals surface area contributed by atoms with E-state index in [1.54, 1.807) is 12.1 Å². The highest BCUT2D eigenvalue weighted by Crippen LogP contribution is 2.20. The fourth-order valence-corrected chi connectivity index (χ4v) is 2.15. The molecule has 5 heteroatoms. The summed E-state index contributed by atoms with van der Waals surface area (Å²) in [4.78, 5) is 0. The summed E-state index contributed by atoms with van der Waals surface area (Å²) in [5, 5.41) is 6.61. The van der Waals surface area contributed by atoms with Crippen LogP contribution in [0.1, 0.15) is 13.8 Å². The molecule has 0 amide bonds. The van der Waals surface area contributed by atoms with Crippen LogP contribution in [-0.2, 0) is 0 Å². The lowest BCUT2D eigenvalue weighted by atomic mass is 10.3. The molecule has 118 valence electrons. The van der Waals surface area contributed by atoms with Gasteiger partial charge in [-0.3, -0.25) is 0 Å². The van der Waals surface area contributed by atoms with Crippen molar-refractivity contribution in [3.8, 4) is 5.75 Å². The first-order valence-electron chi connectivity index (χ1n) is 7.24. The topological polar surface area (TPSA) is 33.3 Å². The standard InChI is InChI=1S/C17H20ClFN2O/c1-12(2)22-15-5-3-4-13(10-15)20-8-9-21-14-6-7-17(19)16(18)11-14/h3-7,10-12,20-21H,8-9H2,1-2H3. The molecule has 2 aromatic carbocycles. The van der Waals surface area contributed by atoms with Crippen molar-refractivity contribution in [1.29, 1.82) is 0 Å². The van der Waals surface area contributed by atoms with Crippen molar-refractivity contribution in [2.45, 2.75) is 20.0 Å². The quantitative estimate of drug-likeness (QED) is 0.719. The number of halogens is 2. The van der Waals surface area contributed by atoms with Gasteiger partial charge in [-0.1, -0.05) is 17.7 Å². The summed E-state index contributed by atoms with van der Waals surface area (Å²) < 4.78 is 18.7. The zero-order valence-corrected chi connectivity index (χ0v) is 13.5. The average molecular weight is 323 g/mol. The highest BCUT2D eigenvalue weighted by molar-refractivity contribution is 6.31. The van der Waals surface area contributed by atoms with Crippen molar-refractivity contribution in [3.05, 3.63) is 53.3 Å². The Balaban J connectivity index is 1.79.